The van der Waals surface area contributed by atoms with Crippen molar-refractivity contribution in [1.29, 1.82) is 0 Å². The SMILES string of the molecule is O=C(c1cc([C@@H]2CCCCN2CCCc2ccccc2)[nH]n1)N1CCOCC1. The molecule has 1 N–H and O–H groups in total. The van der Waals surface area contributed by atoms with Crippen LogP contribution in [0.5, 0.6) is 0 Å². The molecule has 6 heteroatoms. The van der Waals surface area contributed by atoms with Gasteiger partial charge in [0.1, 0.15) is 5.69 Å². The van der Waals surface area contributed by atoms with E-state index in [0.717, 1.165) is 38.0 Å². The average molecular weight is 383 g/mol. The first-order valence-electron chi connectivity index (χ1n) is 10.5. The highest BCUT2D eigenvalue weighted by Gasteiger charge is 2.27. The number of ether oxygens (including phenoxy) is 1. The summed E-state index contributed by atoms with van der Waals surface area (Å²) in [5.74, 6) is 0.0113. The molecule has 0 aliphatic carbocycles. The van der Waals surface area contributed by atoms with Crippen molar-refractivity contribution in [3.05, 3.63) is 53.3 Å². The third-order valence-electron chi connectivity index (χ3n) is 5.84. The minimum Gasteiger partial charge on any atom is -0.378 e. The van der Waals surface area contributed by atoms with Crippen molar-refractivity contribution in [2.45, 2.75) is 38.1 Å². The maximum Gasteiger partial charge on any atom is 0.274 e. The zero-order valence-corrected chi connectivity index (χ0v) is 16.5. The summed E-state index contributed by atoms with van der Waals surface area (Å²) >= 11 is 0. The molecule has 1 aromatic carbocycles. The summed E-state index contributed by atoms with van der Waals surface area (Å²) in [6.45, 7) is 4.71. The Balaban J connectivity index is 1.37. The van der Waals surface area contributed by atoms with Gasteiger partial charge in [0.05, 0.1) is 24.9 Å². The van der Waals surface area contributed by atoms with Crippen molar-refractivity contribution >= 4 is 5.91 Å². The number of hydrogen-bond acceptors (Lipinski definition) is 4. The van der Waals surface area contributed by atoms with E-state index in [-0.39, 0.29) is 5.91 Å². The first kappa shape index (κ1) is 19.2. The Kier molecular flexibility index (Phi) is 6.39. The standard InChI is InChI=1S/C22H30N4O2/c27-22(26-13-15-28-16-14-26)20-17-19(23-24-20)21-10-4-5-11-25(21)12-6-9-18-7-2-1-3-8-18/h1-3,7-8,17,21H,4-6,9-16H2,(H,23,24)/t21-/m0/s1. The van der Waals surface area contributed by atoms with Crippen molar-refractivity contribution in [2.24, 2.45) is 0 Å². The molecule has 0 bridgehead atoms. The Morgan fingerprint density at radius 1 is 1.14 bits per heavy atom. The van der Waals surface area contributed by atoms with Gasteiger partial charge in [0.2, 0.25) is 0 Å². The number of nitrogens with one attached hydrogen (secondary N) is 1. The van der Waals surface area contributed by atoms with E-state index < -0.39 is 0 Å². The first-order valence-corrected chi connectivity index (χ1v) is 10.5. The highest BCUT2D eigenvalue weighted by Crippen LogP contribution is 2.30. The van der Waals surface area contributed by atoms with Gasteiger partial charge in [-0.2, -0.15) is 5.10 Å². The lowest BCUT2D eigenvalue weighted by molar-refractivity contribution is 0.0299. The number of rotatable bonds is 6. The van der Waals surface area contributed by atoms with Crippen molar-refractivity contribution in [3.63, 3.8) is 0 Å². The molecule has 28 heavy (non-hydrogen) atoms. The smallest absolute Gasteiger partial charge is 0.274 e. The minimum atomic E-state index is 0.0113. The lowest BCUT2D eigenvalue weighted by Crippen LogP contribution is -2.40. The predicted octanol–water partition coefficient (Wildman–Crippen LogP) is 3.04. The van der Waals surface area contributed by atoms with Gasteiger partial charge < -0.3 is 9.64 Å². The van der Waals surface area contributed by atoms with E-state index in [1.54, 1.807) is 0 Å². The number of benzene rings is 1. The Bertz CT molecular complexity index is 755. The zero-order valence-electron chi connectivity index (χ0n) is 16.5. The van der Waals surface area contributed by atoms with Crippen molar-refractivity contribution < 1.29 is 9.53 Å². The van der Waals surface area contributed by atoms with Gasteiger partial charge in [-0.05, 0) is 50.4 Å². The number of carbonyl (C=O) groups is 1. The minimum absolute atomic E-state index is 0.0113. The number of H-pyrrole nitrogens is 1. The monoisotopic (exact) mass is 382 g/mol. The summed E-state index contributed by atoms with van der Waals surface area (Å²) in [5, 5.41) is 7.51. The van der Waals surface area contributed by atoms with Crippen LogP contribution in [-0.2, 0) is 11.2 Å². The van der Waals surface area contributed by atoms with Crippen LogP contribution < -0.4 is 0 Å². The van der Waals surface area contributed by atoms with Crippen LogP contribution in [0.25, 0.3) is 0 Å². The molecule has 1 aromatic heterocycles. The Morgan fingerprint density at radius 3 is 2.79 bits per heavy atom. The van der Waals surface area contributed by atoms with Crippen LogP contribution in [0, 0.1) is 0 Å². The van der Waals surface area contributed by atoms with Crippen LogP contribution in [0.4, 0.5) is 0 Å². The molecule has 1 amide bonds. The second kappa shape index (κ2) is 9.34. The number of hydrogen-bond donors (Lipinski definition) is 1. The Hall–Kier alpha value is -2.18. The molecule has 4 rings (SSSR count). The molecule has 0 spiro atoms. The Morgan fingerprint density at radius 2 is 1.96 bits per heavy atom. The predicted molar refractivity (Wildman–Crippen MR) is 108 cm³/mol. The summed E-state index contributed by atoms with van der Waals surface area (Å²) in [7, 11) is 0. The van der Waals surface area contributed by atoms with Crippen molar-refractivity contribution in [1.82, 2.24) is 20.0 Å². The van der Waals surface area contributed by atoms with Crippen LogP contribution in [0.1, 0.15) is 53.5 Å². The third-order valence-corrected chi connectivity index (χ3v) is 5.84. The van der Waals surface area contributed by atoms with Gasteiger partial charge in [0, 0.05) is 13.1 Å². The number of aromatic amines is 1. The summed E-state index contributed by atoms with van der Waals surface area (Å²) in [6.07, 6.45) is 5.85. The maximum atomic E-state index is 12.7. The second-order valence-corrected chi connectivity index (χ2v) is 7.75. The van der Waals surface area contributed by atoms with Crippen LogP contribution in [0.2, 0.25) is 0 Å². The first-order chi connectivity index (χ1) is 13.8. The maximum absolute atomic E-state index is 12.7. The van der Waals surface area contributed by atoms with E-state index in [1.807, 2.05) is 11.0 Å². The summed E-state index contributed by atoms with van der Waals surface area (Å²) in [4.78, 5) is 17.1. The molecule has 3 heterocycles. The van der Waals surface area contributed by atoms with E-state index in [9.17, 15) is 4.79 Å². The fraction of sp³-hybridized carbons (Fsp3) is 0.545. The molecular formula is C22H30N4O2. The molecule has 0 saturated carbocycles. The topological polar surface area (TPSA) is 61.5 Å². The second-order valence-electron chi connectivity index (χ2n) is 7.75. The third kappa shape index (κ3) is 4.62. The summed E-state index contributed by atoms with van der Waals surface area (Å²) in [5.41, 5.74) is 3.01. The number of aromatic nitrogens is 2. The van der Waals surface area contributed by atoms with Gasteiger partial charge in [-0.15, -0.1) is 0 Å². The van der Waals surface area contributed by atoms with Gasteiger partial charge in [-0.1, -0.05) is 36.8 Å². The molecule has 0 unspecified atom stereocenters. The molecule has 2 aliphatic rings. The molecule has 1 atom stereocenters. The van der Waals surface area contributed by atoms with E-state index >= 15 is 0 Å². The van der Waals surface area contributed by atoms with Crippen molar-refractivity contribution in [3.8, 4) is 0 Å². The lowest BCUT2D eigenvalue weighted by atomic mass is 9.98. The molecule has 0 radical (unpaired) electrons. The quantitative estimate of drug-likeness (QED) is 0.834. The number of likely N-dealkylation sites (tertiary alicyclic amines) is 1. The van der Waals surface area contributed by atoms with E-state index in [4.69, 9.17) is 4.74 Å². The van der Waals surface area contributed by atoms with Gasteiger partial charge in [-0.25, -0.2) is 0 Å². The van der Waals surface area contributed by atoms with Gasteiger partial charge in [0.15, 0.2) is 0 Å². The number of amides is 1. The molecule has 150 valence electrons. The van der Waals surface area contributed by atoms with E-state index in [2.05, 4.69) is 45.4 Å². The molecule has 2 fully saturated rings. The van der Waals surface area contributed by atoms with Gasteiger partial charge in [-0.3, -0.25) is 14.8 Å². The zero-order chi connectivity index (χ0) is 19.2. The summed E-state index contributed by atoms with van der Waals surface area (Å²) in [6, 6.07) is 13.0. The Labute approximate surface area is 166 Å². The lowest BCUT2D eigenvalue weighted by Gasteiger charge is -2.35. The largest absolute Gasteiger partial charge is 0.378 e. The molecule has 2 aromatic rings. The molecule has 2 aliphatic heterocycles. The van der Waals surface area contributed by atoms with E-state index in [0.29, 0.717) is 38.0 Å². The fourth-order valence-electron chi connectivity index (χ4n) is 4.29. The highest BCUT2D eigenvalue weighted by atomic mass is 16.5. The molecule has 6 nitrogen and oxygen atoms in total. The number of carbonyl (C=O) groups excluding carboxylic acids is 1. The molecule has 2 saturated heterocycles. The summed E-state index contributed by atoms with van der Waals surface area (Å²) < 4.78 is 5.34. The van der Waals surface area contributed by atoms with Crippen molar-refractivity contribution in [2.75, 3.05) is 39.4 Å². The normalized spacial score (nSPS) is 21.0. The highest BCUT2D eigenvalue weighted by molar-refractivity contribution is 5.92. The number of nitrogens with zero attached hydrogens (tertiary/aromatic N) is 3. The average Bonchev–Trinajstić information content (AvgIpc) is 3.25. The van der Waals surface area contributed by atoms with E-state index in [1.165, 1.54) is 18.4 Å². The van der Waals surface area contributed by atoms with Crippen LogP contribution >= 0.6 is 0 Å². The fourth-order valence-corrected chi connectivity index (χ4v) is 4.29. The van der Waals surface area contributed by atoms with Crippen LogP contribution in [0.3, 0.4) is 0 Å². The van der Waals surface area contributed by atoms with Gasteiger partial charge in [0.25, 0.3) is 5.91 Å². The van der Waals surface area contributed by atoms with Gasteiger partial charge >= 0.3 is 0 Å². The van der Waals surface area contributed by atoms with Crippen LogP contribution in [0.15, 0.2) is 36.4 Å². The van der Waals surface area contributed by atoms with Crippen LogP contribution in [-0.4, -0.2) is 65.3 Å². The number of aryl methyl sites for hydroxylation is 1. The molecular weight excluding hydrogens is 352 g/mol. The number of morpholine rings is 1. The number of piperidine rings is 1.